The first-order chi connectivity index (χ1) is 13.9. The smallest absolute Gasteiger partial charge is 0.242 e. The Morgan fingerprint density at radius 3 is 2.59 bits per heavy atom. The lowest BCUT2D eigenvalue weighted by Gasteiger charge is -2.37. The van der Waals surface area contributed by atoms with Gasteiger partial charge in [-0.15, -0.1) is 0 Å². The van der Waals surface area contributed by atoms with Gasteiger partial charge in [0.05, 0.1) is 5.52 Å². The average Bonchev–Trinajstić information content (AvgIpc) is 2.72. The van der Waals surface area contributed by atoms with E-state index in [0.717, 1.165) is 33.8 Å². The van der Waals surface area contributed by atoms with E-state index in [-0.39, 0.29) is 17.9 Å². The van der Waals surface area contributed by atoms with Crippen LogP contribution in [0.25, 0.3) is 10.9 Å². The molecule has 2 heterocycles. The molecule has 0 unspecified atom stereocenters. The summed E-state index contributed by atoms with van der Waals surface area (Å²) in [6.07, 6.45) is 1.70. The SMILES string of the molecule is Cc1ccc(Cl)cc1N1CCN(C(=O)Cn2ccc(=O)c3ccc(Br)cc32)CC1. The molecule has 29 heavy (non-hydrogen) atoms. The van der Waals surface area contributed by atoms with Crippen LogP contribution in [0.2, 0.25) is 5.02 Å². The number of carbonyl (C=O) groups is 1. The molecule has 0 saturated carbocycles. The number of piperazine rings is 1. The topological polar surface area (TPSA) is 45.5 Å². The number of hydrogen-bond donors (Lipinski definition) is 0. The third-order valence-electron chi connectivity index (χ3n) is 5.39. The van der Waals surface area contributed by atoms with Crippen molar-refractivity contribution in [3.63, 3.8) is 0 Å². The maximum Gasteiger partial charge on any atom is 0.242 e. The highest BCUT2D eigenvalue weighted by atomic mass is 79.9. The molecule has 1 aliphatic heterocycles. The zero-order valence-electron chi connectivity index (χ0n) is 16.1. The van der Waals surface area contributed by atoms with Gasteiger partial charge < -0.3 is 14.4 Å². The molecule has 1 amide bonds. The van der Waals surface area contributed by atoms with Crippen LogP contribution in [0.5, 0.6) is 0 Å². The summed E-state index contributed by atoms with van der Waals surface area (Å²) in [5, 5.41) is 1.34. The lowest BCUT2D eigenvalue weighted by Crippen LogP contribution is -2.49. The van der Waals surface area contributed by atoms with Crippen molar-refractivity contribution in [2.45, 2.75) is 13.5 Å². The molecule has 7 heteroatoms. The molecule has 1 fully saturated rings. The number of fused-ring (bicyclic) bond motifs is 1. The third-order valence-corrected chi connectivity index (χ3v) is 6.12. The molecule has 0 aliphatic carbocycles. The lowest BCUT2D eigenvalue weighted by atomic mass is 10.1. The number of amides is 1. The molecule has 1 saturated heterocycles. The van der Waals surface area contributed by atoms with Gasteiger partial charge in [-0.2, -0.15) is 0 Å². The van der Waals surface area contributed by atoms with Gasteiger partial charge in [-0.1, -0.05) is 33.6 Å². The monoisotopic (exact) mass is 473 g/mol. The molecule has 0 N–H and O–H groups in total. The fraction of sp³-hybridized carbons (Fsp3) is 0.273. The van der Waals surface area contributed by atoms with Crippen LogP contribution in [-0.4, -0.2) is 41.6 Å². The van der Waals surface area contributed by atoms with Crippen molar-refractivity contribution >= 4 is 50.0 Å². The number of rotatable bonds is 3. The van der Waals surface area contributed by atoms with Gasteiger partial charge in [-0.05, 0) is 42.8 Å². The van der Waals surface area contributed by atoms with Crippen molar-refractivity contribution in [3.05, 3.63) is 73.9 Å². The second-order valence-electron chi connectivity index (χ2n) is 7.27. The molecule has 1 aromatic heterocycles. The van der Waals surface area contributed by atoms with Crippen molar-refractivity contribution in [2.75, 3.05) is 31.1 Å². The number of aromatic nitrogens is 1. The van der Waals surface area contributed by atoms with Gasteiger partial charge >= 0.3 is 0 Å². The van der Waals surface area contributed by atoms with E-state index in [1.165, 1.54) is 11.6 Å². The minimum atomic E-state index is -0.0401. The summed E-state index contributed by atoms with van der Waals surface area (Å²) >= 11 is 9.60. The van der Waals surface area contributed by atoms with Crippen LogP contribution in [-0.2, 0) is 11.3 Å². The fourth-order valence-electron chi connectivity index (χ4n) is 3.78. The maximum atomic E-state index is 12.9. The molecule has 2 aromatic carbocycles. The molecule has 4 rings (SSSR count). The highest BCUT2D eigenvalue weighted by Gasteiger charge is 2.22. The van der Waals surface area contributed by atoms with Crippen molar-refractivity contribution in [2.24, 2.45) is 0 Å². The van der Waals surface area contributed by atoms with E-state index >= 15 is 0 Å². The third kappa shape index (κ3) is 4.19. The molecule has 0 bridgehead atoms. The second kappa shape index (κ2) is 8.20. The fourth-order valence-corrected chi connectivity index (χ4v) is 4.30. The Morgan fingerprint density at radius 2 is 1.83 bits per heavy atom. The van der Waals surface area contributed by atoms with Gasteiger partial charge in [-0.25, -0.2) is 0 Å². The second-order valence-corrected chi connectivity index (χ2v) is 8.62. The molecule has 0 atom stereocenters. The Labute approximate surface area is 182 Å². The van der Waals surface area contributed by atoms with Gasteiger partial charge in [0.2, 0.25) is 5.91 Å². The number of halogens is 2. The zero-order chi connectivity index (χ0) is 20.5. The van der Waals surface area contributed by atoms with E-state index in [2.05, 4.69) is 27.8 Å². The highest BCUT2D eigenvalue weighted by molar-refractivity contribution is 9.10. The lowest BCUT2D eigenvalue weighted by molar-refractivity contribution is -0.132. The van der Waals surface area contributed by atoms with Crippen molar-refractivity contribution in [1.82, 2.24) is 9.47 Å². The molecule has 150 valence electrons. The van der Waals surface area contributed by atoms with Crippen molar-refractivity contribution < 1.29 is 4.79 Å². The Balaban J connectivity index is 1.48. The van der Waals surface area contributed by atoms with E-state index in [0.29, 0.717) is 18.5 Å². The predicted molar refractivity (Wildman–Crippen MR) is 121 cm³/mol. The van der Waals surface area contributed by atoms with E-state index in [9.17, 15) is 9.59 Å². The summed E-state index contributed by atoms with van der Waals surface area (Å²) in [4.78, 5) is 29.2. The number of benzene rings is 2. The van der Waals surface area contributed by atoms with E-state index in [4.69, 9.17) is 11.6 Å². The van der Waals surface area contributed by atoms with E-state index < -0.39 is 0 Å². The van der Waals surface area contributed by atoms with E-state index in [1.54, 1.807) is 12.3 Å². The number of pyridine rings is 1. The summed E-state index contributed by atoms with van der Waals surface area (Å²) in [6, 6.07) is 12.9. The Kier molecular flexibility index (Phi) is 5.65. The van der Waals surface area contributed by atoms with Crippen LogP contribution in [0.3, 0.4) is 0 Å². The average molecular weight is 475 g/mol. The molecule has 0 radical (unpaired) electrons. The van der Waals surface area contributed by atoms with Gasteiger partial charge in [-0.3, -0.25) is 9.59 Å². The maximum absolute atomic E-state index is 12.9. The number of nitrogens with zero attached hydrogens (tertiary/aromatic N) is 3. The normalized spacial score (nSPS) is 14.4. The number of carbonyl (C=O) groups excluding carboxylic acids is 1. The van der Waals surface area contributed by atoms with Crippen LogP contribution < -0.4 is 10.3 Å². The summed E-state index contributed by atoms with van der Waals surface area (Å²) in [5.74, 6) is 0.0531. The quantitative estimate of drug-likeness (QED) is 0.575. The van der Waals surface area contributed by atoms with Gasteiger partial charge in [0.1, 0.15) is 6.54 Å². The predicted octanol–water partition coefficient (Wildman–Crippen LogP) is 4.07. The minimum absolute atomic E-state index is 0.0401. The molecular weight excluding hydrogens is 454 g/mol. The van der Waals surface area contributed by atoms with Gasteiger partial charge in [0, 0.05) is 59.0 Å². The van der Waals surface area contributed by atoms with Crippen molar-refractivity contribution in [1.29, 1.82) is 0 Å². The molecular formula is C22H21BrClN3O2. The number of anilines is 1. The summed E-state index contributed by atoms with van der Waals surface area (Å²) in [7, 11) is 0. The van der Waals surface area contributed by atoms with Crippen molar-refractivity contribution in [3.8, 4) is 0 Å². The van der Waals surface area contributed by atoms with Gasteiger partial charge in [0.25, 0.3) is 0 Å². The van der Waals surface area contributed by atoms with Crippen LogP contribution >= 0.6 is 27.5 Å². The Morgan fingerprint density at radius 1 is 1.07 bits per heavy atom. The molecule has 1 aliphatic rings. The Bertz CT molecular complexity index is 1140. The standard InChI is InChI=1S/C22H21BrClN3O2/c1-15-2-4-17(24)13-19(15)25-8-10-26(11-9-25)22(29)14-27-7-6-21(28)18-5-3-16(23)12-20(18)27/h2-7,12-13H,8-11,14H2,1H3. The minimum Gasteiger partial charge on any atom is -0.368 e. The molecule has 5 nitrogen and oxygen atoms in total. The first kappa shape index (κ1) is 20.0. The molecule has 0 spiro atoms. The summed E-state index contributed by atoms with van der Waals surface area (Å²) < 4.78 is 2.72. The summed E-state index contributed by atoms with van der Waals surface area (Å²) in [5.41, 5.74) is 3.02. The first-order valence-corrected chi connectivity index (χ1v) is 10.7. The summed E-state index contributed by atoms with van der Waals surface area (Å²) in [6.45, 7) is 5.14. The number of aryl methyl sites for hydroxylation is 1. The zero-order valence-corrected chi connectivity index (χ0v) is 18.4. The largest absolute Gasteiger partial charge is 0.368 e. The van der Waals surface area contributed by atoms with Crippen LogP contribution in [0.15, 0.2) is 57.9 Å². The van der Waals surface area contributed by atoms with Crippen LogP contribution in [0.1, 0.15) is 5.56 Å². The van der Waals surface area contributed by atoms with Crippen LogP contribution in [0, 0.1) is 6.92 Å². The first-order valence-electron chi connectivity index (χ1n) is 9.50. The highest BCUT2D eigenvalue weighted by Crippen LogP contribution is 2.25. The Hall–Kier alpha value is -2.31. The van der Waals surface area contributed by atoms with Crippen LogP contribution in [0.4, 0.5) is 5.69 Å². The van der Waals surface area contributed by atoms with E-state index in [1.807, 2.05) is 39.8 Å². The van der Waals surface area contributed by atoms with Gasteiger partial charge in [0.15, 0.2) is 5.43 Å². The molecule has 3 aromatic rings. The number of hydrogen-bond acceptors (Lipinski definition) is 3.